The third-order valence-corrected chi connectivity index (χ3v) is 2.67. The van der Waals surface area contributed by atoms with E-state index in [9.17, 15) is 14.4 Å². The number of allylic oxidation sites excluding steroid dienone is 1. The molecule has 22 heavy (non-hydrogen) atoms. The summed E-state index contributed by atoms with van der Waals surface area (Å²) in [4.78, 5) is 33.8. The molecule has 1 aliphatic heterocycles. The van der Waals surface area contributed by atoms with E-state index in [-0.39, 0.29) is 18.6 Å². The number of rotatable bonds is 7. The van der Waals surface area contributed by atoms with Gasteiger partial charge in [-0.25, -0.2) is 9.59 Å². The molecule has 0 fully saturated rings. The summed E-state index contributed by atoms with van der Waals surface area (Å²) in [6.45, 7) is 7.38. The minimum absolute atomic E-state index is 0.171. The first-order valence-electron chi connectivity index (χ1n) is 7.10. The lowest BCUT2D eigenvalue weighted by Crippen LogP contribution is -2.24. The van der Waals surface area contributed by atoms with Crippen LogP contribution < -0.4 is 5.32 Å². The standard InChI is InChI=1S/C16H21NO5/c1-11(2)22-16(20)7-6-15(19)21-8-4-5-13-9-12(3)17-14(18)10-13/h6-7,10-11H,3-5,8-9H2,1-2H3,(H,17,18)/b7-6+. The van der Waals surface area contributed by atoms with Gasteiger partial charge >= 0.3 is 11.9 Å². The van der Waals surface area contributed by atoms with Crippen LogP contribution in [-0.2, 0) is 23.9 Å². The van der Waals surface area contributed by atoms with Gasteiger partial charge in [0.2, 0.25) is 5.91 Å². The molecule has 0 aromatic carbocycles. The Kier molecular flexibility index (Phi) is 7.08. The van der Waals surface area contributed by atoms with Gasteiger partial charge in [-0.1, -0.05) is 12.2 Å². The molecule has 0 saturated heterocycles. The maximum Gasteiger partial charge on any atom is 0.331 e. The van der Waals surface area contributed by atoms with Crippen molar-refractivity contribution in [1.82, 2.24) is 5.32 Å². The van der Waals surface area contributed by atoms with Gasteiger partial charge in [-0.2, -0.15) is 0 Å². The van der Waals surface area contributed by atoms with Crippen molar-refractivity contribution in [3.05, 3.63) is 36.1 Å². The van der Waals surface area contributed by atoms with Crippen LogP contribution in [0.1, 0.15) is 33.1 Å². The Bertz CT molecular complexity index is 517. The average Bonchev–Trinajstić information content (AvgIpc) is 2.39. The van der Waals surface area contributed by atoms with Gasteiger partial charge in [0.1, 0.15) is 0 Å². The van der Waals surface area contributed by atoms with Crippen LogP contribution in [0.15, 0.2) is 36.1 Å². The van der Waals surface area contributed by atoms with Crippen LogP contribution in [0.25, 0.3) is 0 Å². The monoisotopic (exact) mass is 307 g/mol. The lowest BCUT2D eigenvalue weighted by Gasteiger charge is -2.15. The van der Waals surface area contributed by atoms with E-state index < -0.39 is 11.9 Å². The Morgan fingerprint density at radius 2 is 2.05 bits per heavy atom. The van der Waals surface area contributed by atoms with E-state index in [0.29, 0.717) is 25.0 Å². The van der Waals surface area contributed by atoms with E-state index in [1.165, 1.54) is 0 Å². The van der Waals surface area contributed by atoms with E-state index in [1.54, 1.807) is 19.9 Å². The summed E-state index contributed by atoms with van der Waals surface area (Å²) in [5.41, 5.74) is 1.63. The summed E-state index contributed by atoms with van der Waals surface area (Å²) in [5.74, 6) is -1.35. The Labute approximate surface area is 129 Å². The van der Waals surface area contributed by atoms with Gasteiger partial charge in [-0.15, -0.1) is 0 Å². The molecule has 0 spiro atoms. The second-order valence-corrected chi connectivity index (χ2v) is 5.16. The number of carbonyl (C=O) groups is 3. The largest absolute Gasteiger partial charge is 0.463 e. The van der Waals surface area contributed by atoms with Crippen molar-refractivity contribution >= 4 is 17.8 Å². The fourth-order valence-corrected chi connectivity index (χ4v) is 1.85. The molecule has 0 aliphatic carbocycles. The first-order chi connectivity index (χ1) is 10.4. The highest BCUT2D eigenvalue weighted by atomic mass is 16.5. The summed E-state index contributed by atoms with van der Waals surface area (Å²) in [6, 6.07) is 0. The average molecular weight is 307 g/mol. The van der Waals surface area contributed by atoms with E-state index >= 15 is 0 Å². The summed E-state index contributed by atoms with van der Waals surface area (Å²) >= 11 is 0. The SMILES string of the molecule is C=C1CC(CCCOC(=O)/C=C/C(=O)OC(C)C)=CC(=O)N1. The number of esters is 2. The summed E-state index contributed by atoms with van der Waals surface area (Å²) < 4.78 is 9.80. The topological polar surface area (TPSA) is 81.7 Å². The predicted octanol–water partition coefficient (Wildman–Crippen LogP) is 1.78. The summed E-state index contributed by atoms with van der Waals surface area (Å²) in [5, 5.41) is 2.61. The van der Waals surface area contributed by atoms with Gasteiger partial charge in [0.05, 0.1) is 12.7 Å². The smallest absolute Gasteiger partial charge is 0.331 e. The molecule has 1 rings (SSSR count). The number of ether oxygens (including phenoxy) is 2. The van der Waals surface area contributed by atoms with Gasteiger partial charge in [0.15, 0.2) is 0 Å². The highest BCUT2D eigenvalue weighted by Gasteiger charge is 2.11. The predicted molar refractivity (Wildman–Crippen MR) is 80.5 cm³/mol. The summed E-state index contributed by atoms with van der Waals surface area (Å²) in [6.07, 6.45) is 5.27. The zero-order valence-corrected chi connectivity index (χ0v) is 12.9. The molecule has 0 radical (unpaired) electrons. The molecule has 0 atom stereocenters. The maximum atomic E-state index is 11.4. The van der Waals surface area contributed by atoms with Crippen LogP contribution in [0.2, 0.25) is 0 Å². The van der Waals surface area contributed by atoms with Crippen molar-refractivity contribution in [3.63, 3.8) is 0 Å². The van der Waals surface area contributed by atoms with Crippen molar-refractivity contribution in [2.45, 2.75) is 39.2 Å². The molecule has 1 heterocycles. The van der Waals surface area contributed by atoms with Gasteiger partial charge < -0.3 is 14.8 Å². The van der Waals surface area contributed by atoms with Crippen molar-refractivity contribution in [3.8, 4) is 0 Å². The fraction of sp³-hybridized carbons (Fsp3) is 0.438. The molecule has 0 aromatic rings. The molecular formula is C16H21NO5. The Hall–Kier alpha value is -2.37. The number of carbonyl (C=O) groups excluding carboxylic acids is 3. The molecule has 1 amide bonds. The lowest BCUT2D eigenvalue weighted by molar-refractivity contribution is -0.142. The van der Waals surface area contributed by atoms with Gasteiger partial charge in [-0.3, -0.25) is 4.79 Å². The molecule has 0 unspecified atom stereocenters. The zero-order valence-electron chi connectivity index (χ0n) is 12.9. The lowest BCUT2D eigenvalue weighted by atomic mass is 10.0. The maximum absolute atomic E-state index is 11.4. The van der Waals surface area contributed by atoms with Crippen LogP contribution in [0.4, 0.5) is 0 Å². The van der Waals surface area contributed by atoms with Gasteiger partial charge in [0, 0.05) is 30.3 Å². The second kappa shape index (κ2) is 8.81. The zero-order chi connectivity index (χ0) is 16.5. The number of nitrogens with one attached hydrogen (secondary N) is 1. The molecule has 1 N–H and O–H groups in total. The highest BCUT2D eigenvalue weighted by Crippen LogP contribution is 2.17. The molecule has 0 bridgehead atoms. The Morgan fingerprint density at radius 1 is 1.36 bits per heavy atom. The van der Waals surface area contributed by atoms with E-state index in [0.717, 1.165) is 17.7 Å². The van der Waals surface area contributed by atoms with Crippen molar-refractivity contribution in [2.75, 3.05) is 6.61 Å². The highest BCUT2D eigenvalue weighted by molar-refractivity contribution is 5.92. The van der Waals surface area contributed by atoms with Crippen LogP contribution >= 0.6 is 0 Å². The molecule has 6 nitrogen and oxygen atoms in total. The third kappa shape index (κ3) is 7.42. The number of hydrogen-bond donors (Lipinski definition) is 1. The first-order valence-corrected chi connectivity index (χ1v) is 7.10. The van der Waals surface area contributed by atoms with Crippen LogP contribution in [0.3, 0.4) is 0 Å². The van der Waals surface area contributed by atoms with Crippen molar-refractivity contribution < 1.29 is 23.9 Å². The molecule has 0 saturated carbocycles. The quantitative estimate of drug-likeness (QED) is 0.440. The van der Waals surface area contributed by atoms with E-state index in [1.807, 2.05) is 0 Å². The van der Waals surface area contributed by atoms with E-state index in [4.69, 9.17) is 9.47 Å². The Morgan fingerprint density at radius 3 is 2.68 bits per heavy atom. The molecule has 6 heteroatoms. The van der Waals surface area contributed by atoms with Gasteiger partial charge in [0.25, 0.3) is 0 Å². The van der Waals surface area contributed by atoms with Crippen molar-refractivity contribution in [1.29, 1.82) is 0 Å². The van der Waals surface area contributed by atoms with E-state index in [2.05, 4.69) is 11.9 Å². The van der Waals surface area contributed by atoms with Crippen LogP contribution in [-0.4, -0.2) is 30.6 Å². The third-order valence-electron chi connectivity index (χ3n) is 2.67. The van der Waals surface area contributed by atoms with Gasteiger partial charge in [-0.05, 0) is 26.7 Å². The molecule has 1 aliphatic rings. The normalized spacial score (nSPS) is 14.8. The number of hydrogen-bond acceptors (Lipinski definition) is 5. The van der Waals surface area contributed by atoms with Crippen LogP contribution in [0.5, 0.6) is 0 Å². The molecular weight excluding hydrogens is 286 g/mol. The minimum Gasteiger partial charge on any atom is -0.463 e. The second-order valence-electron chi connectivity index (χ2n) is 5.16. The molecule has 0 aromatic heterocycles. The molecule has 120 valence electrons. The van der Waals surface area contributed by atoms with Crippen LogP contribution in [0, 0.1) is 0 Å². The first kappa shape index (κ1) is 17.7. The minimum atomic E-state index is -0.597. The fourth-order valence-electron chi connectivity index (χ4n) is 1.85. The summed E-state index contributed by atoms with van der Waals surface area (Å²) in [7, 11) is 0. The Balaban J connectivity index is 2.23. The number of amides is 1. The van der Waals surface area contributed by atoms with Crippen molar-refractivity contribution in [2.24, 2.45) is 0 Å².